The Balaban J connectivity index is 1.92. The van der Waals surface area contributed by atoms with E-state index < -0.39 is 28.1 Å². The molecule has 0 bridgehead atoms. The van der Waals surface area contributed by atoms with Crippen LogP contribution in [0.1, 0.15) is 31.9 Å². The summed E-state index contributed by atoms with van der Waals surface area (Å²) in [5.74, 6) is -1.61. The number of alkyl halides is 1. The molecule has 2 aromatic rings. The number of carbonyl (C=O) groups excluding carboxylic acids is 1. The normalized spacial score (nSPS) is 12.9. The van der Waals surface area contributed by atoms with Crippen molar-refractivity contribution in [3.63, 3.8) is 0 Å². The third kappa shape index (κ3) is 7.01. The molecule has 2 aromatic carbocycles. The van der Waals surface area contributed by atoms with Crippen LogP contribution in [0.5, 0.6) is 5.75 Å². The van der Waals surface area contributed by atoms with E-state index >= 15 is 0 Å². The minimum atomic E-state index is -3.62. The number of ether oxygens (including phenoxy) is 1. The molecule has 0 aliphatic carbocycles. The van der Waals surface area contributed by atoms with Crippen molar-refractivity contribution in [1.82, 2.24) is 5.32 Å². The maximum Gasteiger partial charge on any atom is 0.316 e. The molecule has 2 N–H and O–H groups in total. The van der Waals surface area contributed by atoms with Crippen molar-refractivity contribution in [3.8, 4) is 5.75 Å². The van der Waals surface area contributed by atoms with Crippen LogP contribution in [-0.4, -0.2) is 26.9 Å². The molecule has 0 aromatic heterocycles. The minimum absolute atomic E-state index is 0.0628. The Morgan fingerprint density at radius 1 is 1.14 bits per heavy atom. The van der Waals surface area contributed by atoms with Gasteiger partial charge in [-0.25, -0.2) is 12.8 Å². The average molecular weight is 426 g/mol. The molecule has 0 fully saturated rings. The molecule has 1 atom stereocenters. The zero-order chi connectivity index (χ0) is 21.8. The van der Waals surface area contributed by atoms with Crippen molar-refractivity contribution in [1.29, 1.82) is 0 Å². The van der Waals surface area contributed by atoms with Gasteiger partial charge in [0.1, 0.15) is 11.6 Å². The van der Waals surface area contributed by atoms with Crippen LogP contribution in [0.15, 0.2) is 42.5 Å². The lowest BCUT2D eigenvalue weighted by atomic mass is 9.87. The molecule has 0 aliphatic rings. The van der Waals surface area contributed by atoms with Crippen LogP contribution in [0, 0.1) is 5.82 Å². The van der Waals surface area contributed by atoms with Crippen LogP contribution in [0.2, 0.25) is 0 Å². The molecule has 0 saturated heterocycles. The molecule has 9 heteroatoms. The Morgan fingerprint density at radius 3 is 2.28 bits per heavy atom. The van der Waals surface area contributed by atoms with Crippen molar-refractivity contribution >= 4 is 21.6 Å². The fourth-order valence-corrected chi connectivity index (χ4v) is 2.99. The third-order valence-corrected chi connectivity index (χ3v) is 4.55. The maximum atomic E-state index is 14.1. The van der Waals surface area contributed by atoms with E-state index in [1.165, 1.54) is 12.1 Å². The molecule has 0 aliphatic heterocycles. The summed E-state index contributed by atoms with van der Waals surface area (Å²) in [6.45, 7) is 5.98. The summed E-state index contributed by atoms with van der Waals surface area (Å²) in [7, 11) is -3.62. The molecule has 0 saturated carbocycles. The van der Waals surface area contributed by atoms with Crippen LogP contribution in [-0.2, 0) is 26.8 Å². The van der Waals surface area contributed by atoms with Gasteiger partial charge in [0.05, 0.1) is 11.9 Å². The SMILES string of the molecule is CC(C)(C)c1ccc(OC(F)C(=O)NCc2ccc(NS(C)(=O)=O)c(F)c2)cc1. The zero-order valence-electron chi connectivity index (χ0n) is 16.6. The topological polar surface area (TPSA) is 84.5 Å². The fourth-order valence-electron chi connectivity index (χ4n) is 2.43. The van der Waals surface area contributed by atoms with E-state index in [1.54, 1.807) is 24.3 Å². The Bertz CT molecular complexity index is 971. The van der Waals surface area contributed by atoms with Crippen molar-refractivity contribution in [2.24, 2.45) is 0 Å². The van der Waals surface area contributed by atoms with Crippen molar-refractivity contribution in [2.45, 2.75) is 39.1 Å². The number of anilines is 1. The lowest BCUT2D eigenvalue weighted by Gasteiger charge is -2.19. The van der Waals surface area contributed by atoms with Gasteiger partial charge < -0.3 is 10.1 Å². The number of rotatable bonds is 7. The number of amides is 1. The van der Waals surface area contributed by atoms with Crippen molar-refractivity contribution < 1.29 is 26.7 Å². The predicted molar refractivity (Wildman–Crippen MR) is 107 cm³/mol. The summed E-state index contributed by atoms with van der Waals surface area (Å²) in [6, 6.07) is 10.5. The molecular formula is C20H24F2N2O4S. The van der Waals surface area contributed by atoms with E-state index in [9.17, 15) is 22.0 Å². The van der Waals surface area contributed by atoms with Crippen molar-refractivity contribution in [3.05, 3.63) is 59.4 Å². The summed E-state index contributed by atoms with van der Waals surface area (Å²) in [4.78, 5) is 11.9. The van der Waals surface area contributed by atoms with Gasteiger partial charge in [-0.05, 0) is 40.8 Å². The highest BCUT2D eigenvalue weighted by molar-refractivity contribution is 7.92. The van der Waals surface area contributed by atoms with Gasteiger partial charge in [0, 0.05) is 6.54 Å². The second-order valence-electron chi connectivity index (χ2n) is 7.61. The lowest BCUT2D eigenvalue weighted by Crippen LogP contribution is -2.35. The van der Waals surface area contributed by atoms with Gasteiger partial charge in [0.25, 0.3) is 5.91 Å². The molecule has 0 heterocycles. The molecular weight excluding hydrogens is 402 g/mol. The van der Waals surface area contributed by atoms with Gasteiger partial charge >= 0.3 is 6.36 Å². The molecule has 158 valence electrons. The number of hydrogen-bond donors (Lipinski definition) is 2. The fraction of sp³-hybridized carbons (Fsp3) is 0.350. The first-order valence-electron chi connectivity index (χ1n) is 8.80. The van der Waals surface area contributed by atoms with E-state index in [0.29, 0.717) is 5.56 Å². The number of halogens is 2. The number of carbonyl (C=O) groups is 1. The predicted octanol–water partition coefficient (Wildman–Crippen LogP) is 3.49. The largest absolute Gasteiger partial charge is 0.452 e. The average Bonchev–Trinajstić information content (AvgIpc) is 2.60. The quantitative estimate of drug-likeness (QED) is 0.710. The number of nitrogens with one attached hydrogen (secondary N) is 2. The Labute approximate surface area is 169 Å². The number of benzene rings is 2. The van der Waals surface area contributed by atoms with Crippen LogP contribution in [0.3, 0.4) is 0 Å². The van der Waals surface area contributed by atoms with Crippen LogP contribution >= 0.6 is 0 Å². The van der Waals surface area contributed by atoms with Crippen LogP contribution in [0.4, 0.5) is 14.5 Å². The summed E-state index contributed by atoms with van der Waals surface area (Å²) < 4.78 is 57.3. The number of sulfonamides is 1. The molecule has 29 heavy (non-hydrogen) atoms. The van der Waals surface area contributed by atoms with Crippen LogP contribution < -0.4 is 14.8 Å². The van der Waals surface area contributed by atoms with E-state index in [4.69, 9.17) is 4.74 Å². The minimum Gasteiger partial charge on any atom is -0.452 e. The van der Waals surface area contributed by atoms with Crippen LogP contribution in [0.25, 0.3) is 0 Å². The highest BCUT2D eigenvalue weighted by Crippen LogP contribution is 2.24. The van der Waals surface area contributed by atoms with Gasteiger partial charge in [-0.15, -0.1) is 0 Å². The van der Waals surface area contributed by atoms with Gasteiger partial charge in [-0.2, -0.15) is 4.39 Å². The molecule has 6 nitrogen and oxygen atoms in total. The van der Waals surface area contributed by atoms with E-state index in [0.717, 1.165) is 17.9 Å². The van der Waals surface area contributed by atoms with Crippen molar-refractivity contribution in [2.75, 3.05) is 11.0 Å². The second kappa shape index (κ2) is 8.77. The van der Waals surface area contributed by atoms with Gasteiger partial charge in [-0.3, -0.25) is 9.52 Å². The molecule has 1 unspecified atom stereocenters. The highest BCUT2D eigenvalue weighted by Gasteiger charge is 2.20. The van der Waals surface area contributed by atoms with Gasteiger partial charge in [0.2, 0.25) is 10.0 Å². The van der Waals surface area contributed by atoms with Gasteiger partial charge in [-0.1, -0.05) is 39.0 Å². The molecule has 2 rings (SSSR count). The summed E-state index contributed by atoms with van der Waals surface area (Å²) in [5.41, 5.74) is 1.09. The molecule has 1 amide bonds. The Morgan fingerprint density at radius 2 is 1.76 bits per heavy atom. The first kappa shape index (κ1) is 22.6. The number of hydrogen-bond acceptors (Lipinski definition) is 4. The first-order chi connectivity index (χ1) is 13.3. The van der Waals surface area contributed by atoms with E-state index in [2.05, 4.69) is 5.32 Å². The molecule has 0 radical (unpaired) electrons. The summed E-state index contributed by atoms with van der Waals surface area (Å²) in [6.07, 6.45) is -1.33. The first-order valence-corrected chi connectivity index (χ1v) is 10.7. The van der Waals surface area contributed by atoms with E-state index in [-0.39, 0.29) is 23.4 Å². The molecule has 0 spiro atoms. The summed E-state index contributed by atoms with van der Waals surface area (Å²) in [5, 5.41) is 2.31. The van der Waals surface area contributed by atoms with E-state index in [1.807, 2.05) is 25.5 Å². The Hall–Kier alpha value is -2.68. The zero-order valence-corrected chi connectivity index (χ0v) is 17.4. The van der Waals surface area contributed by atoms with Gasteiger partial charge in [0.15, 0.2) is 0 Å². The summed E-state index contributed by atoms with van der Waals surface area (Å²) >= 11 is 0. The second-order valence-corrected chi connectivity index (χ2v) is 9.36. The lowest BCUT2D eigenvalue weighted by molar-refractivity contribution is -0.135. The standard InChI is InChI=1S/C20H24F2N2O4S/c1-20(2,3)14-6-8-15(9-7-14)28-18(22)19(25)23-12-13-5-10-17(16(21)11-13)24-29(4,26)27/h5-11,18,24H,12H2,1-4H3,(H,23,25). The Kier molecular flexibility index (Phi) is 6.84. The third-order valence-electron chi connectivity index (χ3n) is 3.96. The maximum absolute atomic E-state index is 14.1. The highest BCUT2D eigenvalue weighted by atomic mass is 32.2. The smallest absolute Gasteiger partial charge is 0.316 e. The monoisotopic (exact) mass is 426 g/mol.